The van der Waals surface area contributed by atoms with E-state index in [-0.39, 0.29) is 6.10 Å². The molecule has 136 valence electrons. The Morgan fingerprint density at radius 2 is 1.96 bits per heavy atom. The maximum atomic E-state index is 10.6. The fourth-order valence-corrected chi connectivity index (χ4v) is 5.29. The molecular formula is C20H29N3OS. The molecule has 3 heterocycles. The number of piperidine rings is 1. The van der Waals surface area contributed by atoms with Crippen molar-refractivity contribution in [3.05, 3.63) is 40.6 Å². The van der Waals surface area contributed by atoms with Crippen LogP contribution in [0.4, 0.5) is 0 Å². The second-order valence-corrected chi connectivity index (χ2v) is 8.64. The minimum Gasteiger partial charge on any atom is -0.387 e. The van der Waals surface area contributed by atoms with E-state index in [4.69, 9.17) is 0 Å². The summed E-state index contributed by atoms with van der Waals surface area (Å²) < 4.78 is 2.44. The van der Waals surface area contributed by atoms with E-state index in [1.165, 1.54) is 37.8 Å². The first-order chi connectivity index (χ1) is 12.3. The molecule has 1 aliphatic carbocycles. The number of hydrogen-bond acceptors (Lipinski definition) is 4. The van der Waals surface area contributed by atoms with Crippen LogP contribution in [0.3, 0.4) is 0 Å². The van der Waals surface area contributed by atoms with Gasteiger partial charge < -0.3 is 9.67 Å². The van der Waals surface area contributed by atoms with Crippen LogP contribution in [0.15, 0.2) is 30.0 Å². The van der Waals surface area contributed by atoms with Gasteiger partial charge in [-0.15, -0.1) is 11.3 Å². The Balaban J connectivity index is 1.32. The van der Waals surface area contributed by atoms with E-state index in [9.17, 15) is 5.11 Å². The molecule has 25 heavy (non-hydrogen) atoms. The summed E-state index contributed by atoms with van der Waals surface area (Å²) in [6.45, 7) is 3.14. The average molecular weight is 360 g/mol. The Labute approximate surface area is 154 Å². The highest BCUT2D eigenvalue weighted by Crippen LogP contribution is 2.34. The van der Waals surface area contributed by atoms with Gasteiger partial charge in [0.2, 0.25) is 0 Å². The average Bonchev–Trinajstić information content (AvgIpc) is 3.35. The van der Waals surface area contributed by atoms with Crippen molar-refractivity contribution < 1.29 is 5.11 Å². The molecule has 2 aromatic rings. The molecule has 2 aromatic heterocycles. The van der Waals surface area contributed by atoms with E-state index < -0.39 is 0 Å². The molecule has 4 nitrogen and oxygen atoms in total. The molecule has 1 unspecified atom stereocenters. The standard InChI is InChI=1S/C20H29N3OS/c24-20(19-7-4-12-25-19)16-8-10-22(11-9-16)14-18-13-21-15-23(18)17-5-2-1-3-6-17/h4,7,12-13,15-17,20,24H,1-3,5-6,8-11,14H2. The lowest BCUT2D eigenvalue weighted by Crippen LogP contribution is -2.35. The first-order valence-corrected chi connectivity index (χ1v) is 10.6. The van der Waals surface area contributed by atoms with Gasteiger partial charge in [0.1, 0.15) is 0 Å². The fraction of sp³-hybridized carbons (Fsp3) is 0.650. The Kier molecular flexibility index (Phi) is 5.54. The third-order valence-electron chi connectivity index (χ3n) is 6.01. The molecule has 4 rings (SSSR count). The van der Waals surface area contributed by atoms with Crippen molar-refractivity contribution in [1.82, 2.24) is 14.5 Å². The van der Waals surface area contributed by atoms with E-state index in [1.54, 1.807) is 11.3 Å². The zero-order valence-corrected chi connectivity index (χ0v) is 15.7. The molecule has 0 radical (unpaired) electrons. The monoisotopic (exact) mass is 359 g/mol. The molecule has 0 amide bonds. The van der Waals surface area contributed by atoms with Gasteiger partial charge in [-0.1, -0.05) is 25.3 Å². The minimum absolute atomic E-state index is 0.282. The molecule has 5 heteroatoms. The second kappa shape index (κ2) is 8.02. The van der Waals surface area contributed by atoms with Crippen LogP contribution in [0.5, 0.6) is 0 Å². The quantitative estimate of drug-likeness (QED) is 0.860. The van der Waals surface area contributed by atoms with Crippen molar-refractivity contribution in [2.45, 2.75) is 63.6 Å². The van der Waals surface area contributed by atoms with Crippen molar-refractivity contribution in [3.8, 4) is 0 Å². The van der Waals surface area contributed by atoms with E-state index >= 15 is 0 Å². The van der Waals surface area contributed by atoms with E-state index in [1.807, 2.05) is 12.4 Å². The van der Waals surface area contributed by atoms with Crippen LogP contribution in [0.1, 0.15) is 67.7 Å². The number of nitrogens with zero attached hydrogens (tertiary/aromatic N) is 3. The topological polar surface area (TPSA) is 41.3 Å². The molecule has 0 bridgehead atoms. The summed E-state index contributed by atoms with van der Waals surface area (Å²) in [4.78, 5) is 8.09. The van der Waals surface area contributed by atoms with Crippen LogP contribution in [0, 0.1) is 5.92 Å². The van der Waals surface area contributed by atoms with Crippen LogP contribution in [0.2, 0.25) is 0 Å². The van der Waals surface area contributed by atoms with Gasteiger partial charge in [-0.3, -0.25) is 4.90 Å². The normalized spacial score (nSPS) is 22.3. The van der Waals surface area contributed by atoms with Crippen molar-refractivity contribution in [2.24, 2.45) is 5.92 Å². The van der Waals surface area contributed by atoms with Gasteiger partial charge >= 0.3 is 0 Å². The number of hydrogen-bond donors (Lipinski definition) is 1. The molecule has 2 fully saturated rings. The number of aromatic nitrogens is 2. The third kappa shape index (κ3) is 3.99. The summed E-state index contributed by atoms with van der Waals surface area (Å²) >= 11 is 1.67. The smallest absolute Gasteiger partial charge is 0.0951 e. The van der Waals surface area contributed by atoms with Crippen molar-refractivity contribution >= 4 is 11.3 Å². The number of thiophene rings is 1. The summed E-state index contributed by atoms with van der Waals surface area (Å²) in [6.07, 6.45) is 12.7. The highest BCUT2D eigenvalue weighted by molar-refractivity contribution is 7.10. The Hall–Kier alpha value is -1.17. The number of rotatable bonds is 5. The predicted octanol–water partition coefficient (Wildman–Crippen LogP) is 4.40. The lowest BCUT2D eigenvalue weighted by Gasteiger charge is -2.34. The van der Waals surface area contributed by atoms with Crippen LogP contribution in [-0.2, 0) is 6.54 Å². The summed E-state index contributed by atoms with van der Waals surface area (Å²) in [5.74, 6) is 0.401. The largest absolute Gasteiger partial charge is 0.387 e. The fourth-order valence-electron chi connectivity index (χ4n) is 4.49. The second-order valence-electron chi connectivity index (χ2n) is 7.66. The third-order valence-corrected chi connectivity index (χ3v) is 6.96. The molecule has 1 N–H and O–H groups in total. The zero-order valence-electron chi connectivity index (χ0n) is 14.9. The van der Waals surface area contributed by atoms with Gasteiger partial charge in [-0.25, -0.2) is 4.98 Å². The molecule has 0 aromatic carbocycles. The SMILES string of the molecule is OC(c1cccs1)C1CCN(Cc2cncn2C2CCCCC2)CC1. The van der Waals surface area contributed by atoms with Crippen LogP contribution in [0.25, 0.3) is 0 Å². The Morgan fingerprint density at radius 3 is 2.68 bits per heavy atom. The predicted molar refractivity (Wildman–Crippen MR) is 102 cm³/mol. The maximum Gasteiger partial charge on any atom is 0.0951 e. The van der Waals surface area contributed by atoms with E-state index in [0.29, 0.717) is 12.0 Å². The summed E-state index contributed by atoms with van der Waals surface area (Å²) in [5.41, 5.74) is 1.36. The van der Waals surface area contributed by atoms with Gasteiger partial charge in [-0.05, 0) is 56.1 Å². The molecule has 2 aliphatic rings. The zero-order chi connectivity index (χ0) is 17.1. The van der Waals surface area contributed by atoms with Gasteiger partial charge in [0.05, 0.1) is 18.1 Å². The van der Waals surface area contributed by atoms with Crippen LogP contribution in [-0.4, -0.2) is 32.6 Å². The first-order valence-electron chi connectivity index (χ1n) is 9.76. The van der Waals surface area contributed by atoms with Crippen molar-refractivity contribution in [2.75, 3.05) is 13.1 Å². The van der Waals surface area contributed by atoms with E-state index in [0.717, 1.165) is 37.4 Å². The van der Waals surface area contributed by atoms with Gasteiger partial charge in [0.15, 0.2) is 0 Å². The van der Waals surface area contributed by atoms with Gasteiger partial charge in [0.25, 0.3) is 0 Å². The lowest BCUT2D eigenvalue weighted by molar-refractivity contribution is 0.0582. The van der Waals surface area contributed by atoms with Gasteiger partial charge in [-0.2, -0.15) is 0 Å². The summed E-state index contributed by atoms with van der Waals surface area (Å²) in [7, 11) is 0. The van der Waals surface area contributed by atoms with Crippen molar-refractivity contribution in [3.63, 3.8) is 0 Å². The molecule has 1 saturated carbocycles. The first kappa shape index (κ1) is 17.3. The van der Waals surface area contributed by atoms with Crippen LogP contribution >= 0.6 is 11.3 Å². The Bertz CT molecular complexity index is 640. The molecule has 1 aliphatic heterocycles. The number of likely N-dealkylation sites (tertiary alicyclic amines) is 1. The molecular weight excluding hydrogens is 330 g/mol. The summed E-state index contributed by atoms with van der Waals surface area (Å²) in [6, 6.07) is 4.75. The van der Waals surface area contributed by atoms with E-state index in [2.05, 4.69) is 32.1 Å². The number of imidazole rings is 1. The summed E-state index contributed by atoms with van der Waals surface area (Å²) in [5, 5.41) is 12.6. The minimum atomic E-state index is -0.282. The molecule has 0 spiro atoms. The lowest BCUT2D eigenvalue weighted by atomic mass is 9.90. The van der Waals surface area contributed by atoms with Gasteiger partial charge in [0, 0.05) is 23.7 Å². The number of aliphatic hydroxyl groups excluding tert-OH is 1. The van der Waals surface area contributed by atoms with Crippen LogP contribution < -0.4 is 0 Å². The highest BCUT2D eigenvalue weighted by Gasteiger charge is 2.27. The molecule has 1 atom stereocenters. The highest BCUT2D eigenvalue weighted by atomic mass is 32.1. The molecule has 1 saturated heterocycles. The number of aliphatic hydroxyl groups is 1. The maximum absolute atomic E-state index is 10.6. The Morgan fingerprint density at radius 1 is 1.16 bits per heavy atom. The van der Waals surface area contributed by atoms with Crippen molar-refractivity contribution in [1.29, 1.82) is 0 Å².